The second-order valence-electron chi connectivity index (χ2n) is 4.73. The van der Waals surface area contributed by atoms with Gasteiger partial charge in [0, 0.05) is 38.3 Å². The number of rotatable bonds is 3. The normalized spacial score (nSPS) is 13.9. The van der Waals surface area contributed by atoms with E-state index in [1.807, 2.05) is 31.4 Å². The van der Waals surface area contributed by atoms with Crippen molar-refractivity contribution in [3.05, 3.63) is 47.7 Å². The highest BCUT2D eigenvalue weighted by Gasteiger charge is 2.17. The van der Waals surface area contributed by atoms with Gasteiger partial charge in [-0.3, -0.25) is 4.98 Å². The Balaban J connectivity index is 1.86. The molecule has 5 heteroatoms. The molecule has 2 aromatic heterocycles. The van der Waals surface area contributed by atoms with E-state index in [2.05, 4.69) is 25.2 Å². The van der Waals surface area contributed by atoms with Gasteiger partial charge < -0.3 is 10.2 Å². The molecule has 1 N–H and O–H groups in total. The van der Waals surface area contributed by atoms with Crippen molar-refractivity contribution in [2.45, 2.75) is 19.5 Å². The standard InChI is InChI=1S/C14H17N5/c1-19(9-11-4-2-3-6-16-11)14-12-8-15-7-5-13(12)17-10-18-14/h2-4,6,10,15H,5,7-9H2,1H3. The topological polar surface area (TPSA) is 53.9 Å². The Morgan fingerprint density at radius 2 is 2.21 bits per heavy atom. The highest BCUT2D eigenvalue weighted by Crippen LogP contribution is 2.22. The van der Waals surface area contributed by atoms with Gasteiger partial charge in [0.2, 0.25) is 0 Å². The second kappa shape index (κ2) is 5.32. The molecule has 19 heavy (non-hydrogen) atoms. The number of fused-ring (bicyclic) bond motifs is 1. The van der Waals surface area contributed by atoms with E-state index >= 15 is 0 Å². The SMILES string of the molecule is CN(Cc1ccccn1)c1ncnc2c1CNCC2. The molecule has 0 unspecified atom stereocenters. The van der Waals surface area contributed by atoms with Gasteiger partial charge in [0.1, 0.15) is 12.1 Å². The van der Waals surface area contributed by atoms with Gasteiger partial charge in [0.05, 0.1) is 17.9 Å². The first-order valence-corrected chi connectivity index (χ1v) is 6.49. The van der Waals surface area contributed by atoms with Gasteiger partial charge in [-0.2, -0.15) is 0 Å². The van der Waals surface area contributed by atoms with E-state index in [-0.39, 0.29) is 0 Å². The van der Waals surface area contributed by atoms with E-state index in [1.54, 1.807) is 6.33 Å². The third kappa shape index (κ3) is 2.56. The molecule has 3 heterocycles. The molecule has 0 aliphatic carbocycles. The van der Waals surface area contributed by atoms with Crippen molar-refractivity contribution in [1.82, 2.24) is 20.3 Å². The van der Waals surface area contributed by atoms with Crippen molar-refractivity contribution >= 4 is 5.82 Å². The average Bonchev–Trinajstić information content (AvgIpc) is 2.47. The van der Waals surface area contributed by atoms with Crippen LogP contribution in [0.25, 0.3) is 0 Å². The van der Waals surface area contributed by atoms with Crippen LogP contribution >= 0.6 is 0 Å². The van der Waals surface area contributed by atoms with Gasteiger partial charge in [-0.05, 0) is 12.1 Å². The predicted octanol–water partition coefficient (Wildman–Crippen LogP) is 1.15. The van der Waals surface area contributed by atoms with Gasteiger partial charge in [-0.15, -0.1) is 0 Å². The zero-order chi connectivity index (χ0) is 13.1. The quantitative estimate of drug-likeness (QED) is 0.891. The number of hydrogen-bond acceptors (Lipinski definition) is 5. The molecule has 0 spiro atoms. The summed E-state index contributed by atoms with van der Waals surface area (Å²) < 4.78 is 0. The van der Waals surface area contributed by atoms with E-state index in [9.17, 15) is 0 Å². The van der Waals surface area contributed by atoms with Crippen LogP contribution in [0, 0.1) is 0 Å². The Bertz CT molecular complexity index is 555. The van der Waals surface area contributed by atoms with E-state index in [0.717, 1.165) is 43.3 Å². The summed E-state index contributed by atoms with van der Waals surface area (Å²) in [7, 11) is 2.05. The lowest BCUT2D eigenvalue weighted by atomic mass is 10.1. The monoisotopic (exact) mass is 255 g/mol. The summed E-state index contributed by atoms with van der Waals surface area (Å²) in [6, 6.07) is 5.97. The predicted molar refractivity (Wildman–Crippen MR) is 73.8 cm³/mol. The molecule has 5 nitrogen and oxygen atoms in total. The first kappa shape index (κ1) is 12.0. The molecule has 0 fully saturated rings. The van der Waals surface area contributed by atoms with E-state index in [0.29, 0.717) is 0 Å². The summed E-state index contributed by atoms with van der Waals surface area (Å²) in [6.07, 6.45) is 4.46. The van der Waals surface area contributed by atoms with E-state index in [1.165, 1.54) is 5.56 Å². The molecule has 0 bridgehead atoms. The Morgan fingerprint density at radius 1 is 1.26 bits per heavy atom. The number of aromatic nitrogens is 3. The molecular weight excluding hydrogens is 238 g/mol. The molecule has 0 radical (unpaired) electrons. The molecule has 1 aliphatic heterocycles. The minimum atomic E-state index is 0.754. The van der Waals surface area contributed by atoms with Crippen LogP contribution in [-0.4, -0.2) is 28.5 Å². The zero-order valence-corrected chi connectivity index (χ0v) is 11.0. The van der Waals surface area contributed by atoms with Crippen molar-refractivity contribution < 1.29 is 0 Å². The average molecular weight is 255 g/mol. The van der Waals surface area contributed by atoms with Gasteiger partial charge in [-0.25, -0.2) is 9.97 Å². The van der Waals surface area contributed by atoms with Crippen molar-refractivity contribution in [2.75, 3.05) is 18.5 Å². The van der Waals surface area contributed by atoms with Crippen LogP contribution in [-0.2, 0) is 19.5 Å². The lowest BCUT2D eigenvalue weighted by Gasteiger charge is -2.24. The Labute approximate surface area is 112 Å². The fraction of sp³-hybridized carbons (Fsp3) is 0.357. The second-order valence-corrected chi connectivity index (χ2v) is 4.73. The Hall–Kier alpha value is -2.01. The molecular formula is C14H17N5. The molecule has 0 amide bonds. The third-order valence-electron chi connectivity index (χ3n) is 3.34. The minimum Gasteiger partial charge on any atom is -0.353 e. The van der Waals surface area contributed by atoms with E-state index in [4.69, 9.17) is 0 Å². The van der Waals surface area contributed by atoms with E-state index < -0.39 is 0 Å². The number of nitrogens with one attached hydrogen (secondary N) is 1. The minimum absolute atomic E-state index is 0.754. The molecule has 0 saturated carbocycles. The molecule has 0 atom stereocenters. The van der Waals surface area contributed by atoms with Crippen LogP contribution in [0.3, 0.4) is 0 Å². The molecule has 98 valence electrons. The number of hydrogen-bond donors (Lipinski definition) is 1. The van der Waals surface area contributed by atoms with Crippen molar-refractivity contribution in [2.24, 2.45) is 0 Å². The maximum atomic E-state index is 4.44. The lowest BCUT2D eigenvalue weighted by Crippen LogP contribution is -2.29. The molecule has 3 rings (SSSR count). The Kier molecular flexibility index (Phi) is 3.37. The fourth-order valence-electron chi connectivity index (χ4n) is 2.39. The fourth-order valence-corrected chi connectivity index (χ4v) is 2.39. The van der Waals surface area contributed by atoms with Gasteiger partial charge in [0.15, 0.2) is 0 Å². The maximum Gasteiger partial charge on any atom is 0.136 e. The number of pyridine rings is 1. The van der Waals surface area contributed by atoms with Crippen molar-refractivity contribution in [3.8, 4) is 0 Å². The maximum absolute atomic E-state index is 4.44. The van der Waals surface area contributed by atoms with Gasteiger partial charge in [0.25, 0.3) is 0 Å². The molecule has 0 saturated heterocycles. The van der Waals surface area contributed by atoms with Crippen molar-refractivity contribution in [1.29, 1.82) is 0 Å². The summed E-state index contributed by atoms with van der Waals surface area (Å²) >= 11 is 0. The molecule has 2 aromatic rings. The summed E-state index contributed by atoms with van der Waals surface area (Å²) in [5.74, 6) is 1.00. The first-order valence-electron chi connectivity index (χ1n) is 6.49. The van der Waals surface area contributed by atoms with Crippen LogP contribution in [0.4, 0.5) is 5.82 Å². The molecule has 1 aliphatic rings. The van der Waals surface area contributed by atoms with Crippen LogP contribution in [0.2, 0.25) is 0 Å². The van der Waals surface area contributed by atoms with Crippen LogP contribution in [0.1, 0.15) is 17.0 Å². The number of nitrogens with zero attached hydrogens (tertiary/aromatic N) is 4. The largest absolute Gasteiger partial charge is 0.353 e. The smallest absolute Gasteiger partial charge is 0.136 e. The van der Waals surface area contributed by atoms with Gasteiger partial charge in [-0.1, -0.05) is 6.07 Å². The zero-order valence-electron chi connectivity index (χ0n) is 11.0. The Morgan fingerprint density at radius 3 is 3.05 bits per heavy atom. The third-order valence-corrected chi connectivity index (χ3v) is 3.34. The highest BCUT2D eigenvalue weighted by molar-refractivity contribution is 5.49. The van der Waals surface area contributed by atoms with Gasteiger partial charge >= 0.3 is 0 Å². The molecule has 0 aromatic carbocycles. The number of anilines is 1. The van der Waals surface area contributed by atoms with Crippen LogP contribution in [0.5, 0.6) is 0 Å². The van der Waals surface area contributed by atoms with Crippen LogP contribution < -0.4 is 10.2 Å². The van der Waals surface area contributed by atoms with Crippen molar-refractivity contribution in [3.63, 3.8) is 0 Å². The van der Waals surface area contributed by atoms with Crippen LogP contribution in [0.15, 0.2) is 30.7 Å². The summed E-state index contributed by atoms with van der Waals surface area (Å²) in [6.45, 7) is 2.59. The first-order chi connectivity index (χ1) is 9.34. The summed E-state index contributed by atoms with van der Waals surface area (Å²) in [5, 5.41) is 3.38. The summed E-state index contributed by atoms with van der Waals surface area (Å²) in [5.41, 5.74) is 3.42. The lowest BCUT2D eigenvalue weighted by molar-refractivity contribution is 0.622. The summed E-state index contributed by atoms with van der Waals surface area (Å²) in [4.78, 5) is 15.3. The highest BCUT2D eigenvalue weighted by atomic mass is 15.2.